The van der Waals surface area contributed by atoms with Crippen molar-refractivity contribution in [2.75, 3.05) is 11.9 Å². The van der Waals surface area contributed by atoms with E-state index >= 15 is 0 Å². The SMILES string of the molecule is Cc1cccc(OCC(=O)Nc2ccsc2-c2nnc(C3CC3)o2)c1. The second-order valence-corrected chi connectivity index (χ2v) is 6.95. The first-order valence-electron chi connectivity index (χ1n) is 8.09. The Morgan fingerprint density at radius 3 is 3.04 bits per heavy atom. The fourth-order valence-electron chi connectivity index (χ4n) is 2.44. The van der Waals surface area contributed by atoms with Crippen LogP contribution >= 0.6 is 11.3 Å². The third kappa shape index (κ3) is 3.71. The molecule has 1 aromatic carbocycles. The van der Waals surface area contributed by atoms with E-state index in [-0.39, 0.29) is 12.5 Å². The number of hydrogen-bond donors (Lipinski definition) is 1. The number of hydrogen-bond acceptors (Lipinski definition) is 6. The van der Waals surface area contributed by atoms with E-state index in [1.807, 2.05) is 42.6 Å². The highest BCUT2D eigenvalue weighted by atomic mass is 32.1. The number of nitrogens with zero attached hydrogens (tertiary/aromatic N) is 2. The van der Waals surface area contributed by atoms with E-state index < -0.39 is 0 Å². The van der Waals surface area contributed by atoms with Gasteiger partial charge in [0, 0.05) is 5.92 Å². The van der Waals surface area contributed by atoms with Gasteiger partial charge in [0.05, 0.1) is 5.69 Å². The largest absolute Gasteiger partial charge is 0.484 e. The van der Waals surface area contributed by atoms with Crippen LogP contribution in [0.25, 0.3) is 10.8 Å². The molecule has 1 N–H and O–H groups in total. The number of aromatic nitrogens is 2. The Hall–Kier alpha value is -2.67. The van der Waals surface area contributed by atoms with E-state index in [4.69, 9.17) is 9.15 Å². The maximum atomic E-state index is 12.2. The fourth-order valence-corrected chi connectivity index (χ4v) is 3.20. The van der Waals surface area contributed by atoms with Crippen molar-refractivity contribution >= 4 is 22.9 Å². The zero-order valence-electron chi connectivity index (χ0n) is 13.7. The summed E-state index contributed by atoms with van der Waals surface area (Å²) in [6.45, 7) is 1.92. The summed E-state index contributed by atoms with van der Waals surface area (Å²) in [4.78, 5) is 12.9. The summed E-state index contributed by atoms with van der Waals surface area (Å²) in [5, 5.41) is 12.9. The van der Waals surface area contributed by atoms with Gasteiger partial charge in [-0.2, -0.15) is 0 Å². The van der Waals surface area contributed by atoms with Gasteiger partial charge in [-0.3, -0.25) is 4.79 Å². The van der Waals surface area contributed by atoms with Crippen LogP contribution in [0.4, 0.5) is 5.69 Å². The third-order valence-corrected chi connectivity index (χ3v) is 4.76. The topological polar surface area (TPSA) is 77.2 Å². The molecule has 0 spiro atoms. The summed E-state index contributed by atoms with van der Waals surface area (Å²) in [5.74, 6) is 1.98. The standard InChI is InChI=1S/C18H17N3O3S/c1-11-3-2-4-13(9-11)23-10-15(22)19-14-7-8-25-16(14)18-21-20-17(24-18)12-5-6-12/h2-4,7-9,12H,5-6,10H2,1H3,(H,19,22). The molecular formula is C18H17N3O3S. The van der Waals surface area contributed by atoms with Crippen molar-refractivity contribution in [1.29, 1.82) is 0 Å². The number of thiophene rings is 1. The maximum Gasteiger partial charge on any atom is 0.262 e. The van der Waals surface area contributed by atoms with E-state index in [0.717, 1.165) is 23.3 Å². The molecule has 6 nitrogen and oxygen atoms in total. The van der Waals surface area contributed by atoms with Gasteiger partial charge in [-0.05, 0) is 48.9 Å². The molecule has 128 valence electrons. The minimum Gasteiger partial charge on any atom is -0.484 e. The molecule has 0 bridgehead atoms. The number of rotatable bonds is 6. The van der Waals surface area contributed by atoms with Gasteiger partial charge in [0.2, 0.25) is 5.89 Å². The highest BCUT2D eigenvalue weighted by molar-refractivity contribution is 7.14. The molecule has 1 aliphatic rings. The third-order valence-electron chi connectivity index (χ3n) is 3.86. The number of carbonyl (C=O) groups excluding carboxylic acids is 1. The maximum absolute atomic E-state index is 12.2. The summed E-state index contributed by atoms with van der Waals surface area (Å²) in [7, 11) is 0. The van der Waals surface area contributed by atoms with Crippen LogP contribution in [0.1, 0.15) is 30.2 Å². The Balaban J connectivity index is 1.40. The van der Waals surface area contributed by atoms with E-state index in [9.17, 15) is 4.79 Å². The van der Waals surface area contributed by atoms with Gasteiger partial charge in [-0.25, -0.2) is 0 Å². The molecule has 0 saturated heterocycles. The first-order valence-corrected chi connectivity index (χ1v) is 8.97. The molecule has 1 saturated carbocycles. The lowest BCUT2D eigenvalue weighted by atomic mass is 10.2. The molecule has 4 rings (SSSR count). The van der Waals surface area contributed by atoms with Gasteiger partial charge in [0.15, 0.2) is 6.61 Å². The Kier molecular flexibility index (Phi) is 4.23. The van der Waals surface area contributed by atoms with Gasteiger partial charge in [0.1, 0.15) is 10.6 Å². The van der Waals surface area contributed by atoms with Gasteiger partial charge in [-0.1, -0.05) is 12.1 Å². The van der Waals surface area contributed by atoms with Crippen LogP contribution in [0.5, 0.6) is 5.75 Å². The molecule has 25 heavy (non-hydrogen) atoms. The molecule has 2 aromatic heterocycles. The van der Waals surface area contributed by atoms with E-state index in [2.05, 4.69) is 15.5 Å². The molecule has 0 unspecified atom stereocenters. The van der Waals surface area contributed by atoms with Crippen molar-refractivity contribution < 1.29 is 13.9 Å². The van der Waals surface area contributed by atoms with Crippen LogP contribution in [0.2, 0.25) is 0 Å². The molecule has 1 amide bonds. The van der Waals surface area contributed by atoms with Crippen LogP contribution in [-0.4, -0.2) is 22.7 Å². The fraction of sp³-hybridized carbons (Fsp3) is 0.278. The van der Waals surface area contributed by atoms with Gasteiger partial charge in [0.25, 0.3) is 11.8 Å². The van der Waals surface area contributed by atoms with E-state index in [0.29, 0.717) is 29.1 Å². The van der Waals surface area contributed by atoms with Crippen molar-refractivity contribution in [3.63, 3.8) is 0 Å². The van der Waals surface area contributed by atoms with Gasteiger partial charge < -0.3 is 14.5 Å². The van der Waals surface area contributed by atoms with Crippen LogP contribution in [-0.2, 0) is 4.79 Å². The number of anilines is 1. The molecule has 2 heterocycles. The number of aryl methyl sites for hydroxylation is 1. The summed E-state index contributed by atoms with van der Waals surface area (Å²) in [5.41, 5.74) is 1.75. The molecule has 7 heteroatoms. The second-order valence-electron chi connectivity index (χ2n) is 6.04. The van der Waals surface area contributed by atoms with Crippen LogP contribution in [0.3, 0.4) is 0 Å². The summed E-state index contributed by atoms with van der Waals surface area (Å²) < 4.78 is 11.2. The first-order chi connectivity index (χ1) is 12.2. The van der Waals surface area contributed by atoms with Crippen LogP contribution < -0.4 is 10.1 Å². The lowest BCUT2D eigenvalue weighted by molar-refractivity contribution is -0.118. The van der Waals surface area contributed by atoms with Crippen LogP contribution in [0.15, 0.2) is 40.1 Å². The average molecular weight is 355 g/mol. The van der Waals surface area contributed by atoms with Gasteiger partial charge >= 0.3 is 0 Å². The van der Waals surface area contributed by atoms with Crippen LogP contribution in [0, 0.1) is 6.92 Å². The predicted octanol–water partition coefficient (Wildman–Crippen LogP) is 4.00. The minimum atomic E-state index is -0.233. The predicted molar refractivity (Wildman–Crippen MR) is 94.9 cm³/mol. The monoisotopic (exact) mass is 355 g/mol. The Bertz CT molecular complexity index is 898. The Morgan fingerprint density at radius 2 is 2.24 bits per heavy atom. The average Bonchev–Trinajstić information content (AvgIpc) is 3.15. The Labute approximate surface area is 148 Å². The first kappa shape index (κ1) is 15.8. The molecule has 3 aromatic rings. The van der Waals surface area contributed by atoms with E-state index in [1.165, 1.54) is 11.3 Å². The van der Waals surface area contributed by atoms with Crippen molar-refractivity contribution in [1.82, 2.24) is 10.2 Å². The molecule has 0 radical (unpaired) electrons. The normalized spacial score (nSPS) is 13.6. The summed E-state index contributed by atoms with van der Waals surface area (Å²) in [6.07, 6.45) is 2.21. The van der Waals surface area contributed by atoms with Gasteiger partial charge in [-0.15, -0.1) is 21.5 Å². The Morgan fingerprint density at radius 1 is 1.36 bits per heavy atom. The molecule has 1 aliphatic carbocycles. The number of amides is 1. The molecule has 0 aliphatic heterocycles. The quantitative estimate of drug-likeness (QED) is 0.723. The number of nitrogens with one attached hydrogen (secondary N) is 1. The van der Waals surface area contributed by atoms with Crippen molar-refractivity contribution in [2.45, 2.75) is 25.7 Å². The van der Waals surface area contributed by atoms with Crippen molar-refractivity contribution in [2.24, 2.45) is 0 Å². The molecular weight excluding hydrogens is 338 g/mol. The minimum absolute atomic E-state index is 0.0596. The smallest absolute Gasteiger partial charge is 0.262 e. The number of benzene rings is 1. The second kappa shape index (κ2) is 6.68. The molecule has 1 fully saturated rings. The highest BCUT2D eigenvalue weighted by Crippen LogP contribution is 2.41. The lowest BCUT2D eigenvalue weighted by Gasteiger charge is -2.07. The van der Waals surface area contributed by atoms with Crippen molar-refractivity contribution in [3.05, 3.63) is 47.2 Å². The summed E-state index contributed by atoms with van der Waals surface area (Å²) in [6, 6.07) is 9.41. The highest BCUT2D eigenvalue weighted by Gasteiger charge is 2.30. The number of carbonyl (C=O) groups is 1. The van der Waals surface area contributed by atoms with E-state index in [1.54, 1.807) is 0 Å². The molecule has 0 atom stereocenters. The zero-order chi connectivity index (χ0) is 17.2. The number of ether oxygens (including phenoxy) is 1. The lowest BCUT2D eigenvalue weighted by Crippen LogP contribution is -2.20. The zero-order valence-corrected chi connectivity index (χ0v) is 14.5. The summed E-state index contributed by atoms with van der Waals surface area (Å²) >= 11 is 1.45. The van der Waals surface area contributed by atoms with Crippen molar-refractivity contribution in [3.8, 4) is 16.5 Å².